The molecule has 0 saturated carbocycles. The summed E-state index contributed by atoms with van der Waals surface area (Å²) in [5, 5.41) is 10.5. The van der Waals surface area contributed by atoms with Crippen molar-refractivity contribution in [3.63, 3.8) is 0 Å². The van der Waals surface area contributed by atoms with E-state index in [-0.39, 0.29) is 18.0 Å². The summed E-state index contributed by atoms with van der Waals surface area (Å²) >= 11 is 0.659. The summed E-state index contributed by atoms with van der Waals surface area (Å²) in [6, 6.07) is 3.10. The highest BCUT2D eigenvalue weighted by molar-refractivity contribution is 7.09. The number of nitrogens with zero attached hydrogens (tertiary/aromatic N) is 3. The fourth-order valence-corrected chi connectivity index (χ4v) is 2.11. The van der Waals surface area contributed by atoms with Gasteiger partial charge in [-0.2, -0.15) is 17.5 Å². The zero-order chi connectivity index (χ0) is 14.8. The Morgan fingerprint density at radius 3 is 2.50 bits per heavy atom. The summed E-state index contributed by atoms with van der Waals surface area (Å²) in [5.74, 6) is -2.33. The van der Waals surface area contributed by atoms with Crippen LogP contribution in [-0.4, -0.2) is 15.3 Å². The van der Waals surface area contributed by atoms with Gasteiger partial charge in [-0.25, -0.2) is 9.55 Å². The van der Waals surface area contributed by atoms with Crippen LogP contribution >= 0.6 is 11.5 Å². The lowest BCUT2D eigenvalue weighted by Gasteiger charge is -2.00. The van der Waals surface area contributed by atoms with Crippen LogP contribution in [0.2, 0.25) is 0 Å². The van der Waals surface area contributed by atoms with Crippen molar-refractivity contribution >= 4 is 17.5 Å². The quantitative estimate of drug-likeness (QED) is 0.778. The van der Waals surface area contributed by atoms with Crippen LogP contribution in [-0.2, 0) is 17.5 Å². The van der Waals surface area contributed by atoms with E-state index in [0.29, 0.717) is 17.1 Å². The minimum absolute atomic E-state index is 0.138. The number of pyridine rings is 1. The predicted octanol–water partition coefficient (Wildman–Crippen LogP) is 0.651. The van der Waals surface area contributed by atoms with Crippen LogP contribution in [0.4, 0.5) is 13.2 Å². The summed E-state index contributed by atoms with van der Waals surface area (Å²) in [6.45, 7) is 0.229. The van der Waals surface area contributed by atoms with Crippen molar-refractivity contribution in [3.05, 3.63) is 30.4 Å². The average Bonchev–Trinajstić information content (AvgIpc) is 2.86. The van der Waals surface area contributed by atoms with Crippen LogP contribution in [0.25, 0.3) is 10.6 Å². The number of hydrogen-bond donors (Lipinski definition) is 0. The minimum atomic E-state index is -4.56. The first-order valence-corrected chi connectivity index (χ1v) is 6.24. The summed E-state index contributed by atoms with van der Waals surface area (Å²) in [6.07, 6.45) is -1.57. The van der Waals surface area contributed by atoms with E-state index in [1.54, 1.807) is 29.1 Å². The van der Waals surface area contributed by atoms with Gasteiger partial charge in [-0.15, -0.1) is 0 Å². The van der Waals surface area contributed by atoms with Crippen LogP contribution < -0.4 is 9.67 Å². The Morgan fingerprint density at radius 2 is 2.00 bits per heavy atom. The Bertz CT molecular complexity index is 610. The van der Waals surface area contributed by atoms with E-state index >= 15 is 0 Å². The topological polar surface area (TPSA) is 69.8 Å². The van der Waals surface area contributed by atoms with E-state index in [9.17, 15) is 23.1 Å². The highest BCUT2D eigenvalue weighted by Crippen LogP contribution is 2.30. The number of carbonyl (C=O) groups is 1. The summed E-state index contributed by atoms with van der Waals surface area (Å²) in [4.78, 5) is 13.7. The van der Waals surface area contributed by atoms with E-state index in [1.807, 2.05) is 0 Å². The Labute approximate surface area is 115 Å². The lowest BCUT2D eigenvalue weighted by Crippen LogP contribution is -2.36. The number of carboxylic acid groups (broad SMARTS) is 1. The molecule has 0 amide bonds. The second kappa shape index (κ2) is 5.53. The molecule has 2 rings (SSSR count). The maximum absolute atomic E-state index is 12.4. The fourth-order valence-electron chi connectivity index (χ4n) is 1.43. The van der Waals surface area contributed by atoms with Gasteiger partial charge in [-0.1, -0.05) is 0 Å². The largest absolute Gasteiger partial charge is 0.550 e. The number of aromatic nitrogens is 3. The lowest BCUT2D eigenvalue weighted by molar-refractivity contribution is -0.696. The molecule has 2 heterocycles. The number of aliphatic carboxylic acids is 1. The normalized spacial score (nSPS) is 11.6. The molecule has 0 aliphatic heterocycles. The smallest absolute Gasteiger partial charge is 0.452 e. The number of aryl methyl sites for hydroxylation is 1. The molecule has 2 aromatic rings. The second-order valence-electron chi connectivity index (χ2n) is 3.87. The molecule has 0 N–H and O–H groups in total. The first-order valence-electron chi connectivity index (χ1n) is 5.46. The number of carboxylic acids is 1. The first kappa shape index (κ1) is 14.4. The molecule has 0 saturated heterocycles. The second-order valence-corrected chi connectivity index (χ2v) is 4.62. The molecule has 5 nitrogen and oxygen atoms in total. The van der Waals surface area contributed by atoms with Gasteiger partial charge in [0.2, 0.25) is 5.82 Å². The van der Waals surface area contributed by atoms with Crippen LogP contribution in [0, 0.1) is 0 Å². The fraction of sp³-hybridized carbons (Fsp3) is 0.273. The molecule has 0 aliphatic rings. The number of halogens is 3. The summed E-state index contributed by atoms with van der Waals surface area (Å²) < 4.78 is 42.0. The third-order valence-corrected chi connectivity index (χ3v) is 3.16. The molecular formula is C11H8F3N3O2S. The molecule has 0 bridgehead atoms. The average molecular weight is 303 g/mol. The van der Waals surface area contributed by atoms with Crippen molar-refractivity contribution in [1.82, 2.24) is 9.36 Å². The van der Waals surface area contributed by atoms with Crippen molar-refractivity contribution in [2.45, 2.75) is 19.1 Å². The third kappa shape index (κ3) is 3.50. The van der Waals surface area contributed by atoms with E-state index in [0.717, 1.165) is 0 Å². The van der Waals surface area contributed by atoms with Gasteiger partial charge in [0, 0.05) is 30.1 Å². The van der Waals surface area contributed by atoms with E-state index < -0.39 is 18.0 Å². The number of rotatable bonds is 4. The third-order valence-electron chi connectivity index (χ3n) is 2.39. The molecule has 9 heteroatoms. The zero-order valence-electron chi connectivity index (χ0n) is 9.92. The molecule has 0 fully saturated rings. The van der Waals surface area contributed by atoms with Gasteiger partial charge in [0.25, 0.3) is 0 Å². The zero-order valence-corrected chi connectivity index (χ0v) is 10.7. The first-order chi connectivity index (χ1) is 9.36. The van der Waals surface area contributed by atoms with Gasteiger partial charge in [0.1, 0.15) is 5.01 Å². The Hall–Kier alpha value is -2.03. The monoisotopic (exact) mass is 303 g/mol. The standard InChI is InChI=1S/C11H8F3N3O2S/c12-11(13,14)10-15-9(20-16-10)7-1-4-17(5-2-7)6-3-8(18)19/h1-2,4-5H,3,6H2. The summed E-state index contributed by atoms with van der Waals surface area (Å²) in [7, 11) is 0. The number of alkyl halides is 3. The molecule has 0 atom stereocenters. The summed E-state index contributed by atoms with van der Waals surface area (Å²) in [5.41, 5.74) is 0.489. The maximum Gasteiger partial charge on any atom is 0.452 e. The van der Waals surface area contributed by atoms with Gasteiger partial charge in [0.05, 0.1) is 0 Å². The molecule has 106 valence electrons. The maximum atomic E-state index is 12.4. The van der Waals surface area contributed by atoms with Gasteiger partial charge in [-0.3, -0.25) is 0 Å². The van der Waals surface area contributed by atoms with Crippen LogP contribution in [0.5, 0.6) is 0 Å². The number of hydrogen-bond acceptors (Lipinski definition) is 5. The Kier molecular flexibility index (Phi) is 3.98. The molecule has 20 heavy (non-hydrogen) atoms. The van der Waals surface area contributed by atoms with E-state index in [4.69, 9.17) is 0 Å². The molecule has 0 aromatic carbocycles. The predicted molar refractivity (Wildman–Crippen MR) is 60.2 cm³/mol. The highest BCUT2D eigenvalue weighted by atomic mass is 32.1. The lowest BCUT2D eigenvalue weighted by atomic mass is 10.3. The Morgan fingerprint density at radius 1 is 1.35 bits per heavy atom. The molecule has 0 radical (unpaired) electrons. The van der Waals surface area contributed by atoms with Crippen molar-refractivity contribution in [2.75, 3.05) is 0 Å². The van der Waals surface area contributed by atoms with E-state index in [2.05, 4.69) is 9.36 Å². The van der Waals surface area contributed by atoms with Crippen molar-refractivity contribution < 1.29 is 27.6 Å². The Balaban J connectivity index is 2.14. The van der Waals surface area contributed by atoms with Crippen molar-refractivity contribution in [1.29, 1.82) is 0 Å². The molecule has 2 aromatic heterocycles. The van der Waals surface area contributed by atoms with Gasteiger partial charge in [0.15, 0.2) is 18.9 Å². The molecule has 0 aliphatic carbocycles. The van der Waals surface area contributed by atoms with Crippen molar-refractivity contribution in [2.24, 2.45) is 0 Å². The van der Waals surface area contributed by atoms with Crippen LogP contribution in [0.15, 0.2) is 24.5 Å². The minimum Gasteiger partial charge on any atom is -0.550 e. The van der Waals surface area contributed by atoms with Gasteiger partial charge < -0.3 is 9.90 Å². The van der Waals surface area contributed by atoms with Crippen LogP contribution in [0.3, 0.4) is 0 Å². The SMILES string of the molecule is O=C([O-])CC[n+]1ccc(-c2nc(C(F)(F)F)ns2)cc1. The highest BCUT2D eigenvalue weighted by Gasteiger charge is 2.36. The van der Waals surface area contributed by atoms with Crippen molar-refractivity contribution in [3.8, 4) is 10.6 Å². The molecule has 0 unspecified atom stereocenters. The molecular weight excluding hydrogens is 295 g/mol. The van der Waals surface area contributed by atoms with E-state index in [1.165, 1.54) is 0 Å². The number of carbonyl (C=O) groups excluding carboxylic acids is 1. The van der Waals surface area contributed by atoms with Gasteiger partial charge >= 0.3 is 6.18 Å². The van der Waals surface area contributed by atoms with Gasteiger partial charge in [-0.05, 0) is 11.5 Å². The van der Waals surface area contributed by atoms with Crippen LogP contribution in [0.1, 0.15) is 12.2 Å². The molecule has 0 spiro atoms.